The summed E-state index contributed by atoms with van der Waals surface area (Å²) < 4.78 is 0. The van der Waals surface area contributed by atoms with Crippen LogP contribution in [0.3, 0.4) is 0 Å². The van der Waals surface area contributed by atoms with E-state index < -0.39 is 0 Å². The number of hydrogen-bond acceptors (Lipinski definition) is 3. The molecule has 5 heteroatoms. The summed E-state index contributed by atoms with van der Waals surface area (Å²) in [6.07, 6.45) is 1.72. The Hall–Kier alpha value is -2.43. The summed E-state index contributed by atoms with van der Waals surface area (Å²) in [4.78, 5) is 12.6. The van der Waals surface area contributed by atoms with E-state index in [1.54, 1.807) is 6.20 Å². The monoisotopic (exact) mass is 269 g/mol. The van der Waals surface area contributed by atoms with Crippen molar-refractivity contribution in [2.24, 2.45) is 10.7 Å². The third-order valence-corrected chi connectivity index (χ3v) is 3.02. The van der Waals surface area contributed by atoms with E-state index in [9.17, 15) is 0 Å². The second-order valence-corrected chi connectivity index (χ2v) is 4.72. The van der Waals surface area contributed by atoms with Gasteiger partial charge < -0.3 is 11.1 Å². The van der Waals surface area contributed by atoms with E-state index >= 15 is 0 Å². The number of aromatic nitrogens is 2. The summed E-state index contributed by atoms with van der Waals surface area (Å²) in [5.41, 5.74) is 10.1. The standard InChI is InChI=1S/C15H19N5/c1-10-4-5-13(8-11(10)2)20-15(16)18-9-14-6-7-17-12(3)19-14/h4-8H,9H2,1-3H3,(H3,16,18,20). The van der Waals surface area contributed by atoms with Crippen LogP contribution in [-0.4, -0.2) is 15.9 Å². The molecule has 0 saturated heterocycles. The second kappa shape index (κ2) is 6.14. The predicted molar refractivity (Wildman–Crippen MR) is 81.6 cm³/mol. The van der Waals surface area contributed by atoms with Gasteiger partial charge in [-0.2, -0.15) is 0 Å². The van der Waals surface area contributed by atoms with Gasteiger partial charge in [-0.3, -0.25) is 0 Å². The summed E-state index contributed by atoms with van der Waals surface area (Å²) in [5.74, 6) is 1.11. The van der Waals surface area contributed by atoms with Gasteiger partial charge in [0.1, 0.15) is 5.82 Å². The van der Waals surface area contributed by atoms with Crippen LogP contribution < -0.4 is 11.1 Å². The first-order valence-corrected chi connectivity index (χ1v) is 6.47. The summed E-state index contributed by atoms with van der Waals surface area (Å²) in [5, 5.41) is 3.08. The van der Waals surface area contributed by atoms with Crippen molar-refractivity contribution in [1.29, 1.82) is 0 Å². The van der Waals surface area contributed by atoms with Crippen molar-refractivity contribution in [3.8, 4) is 0 Å². The minimum Gasteiger partial charge on any atom is -0.370 e. The van der Waals surface area contributed by atoms with Crippen molar-refractivity contribution >= 4 is 11.6 Å². The highest BCUT2D eigenvalue weighted by Crippen LogP contribution is 2.13. The number of nitrogens with two attached hydrogens (primary N) is 1. The first kappa shape index (κ1) is 14.0. The van der Waals surface area contributed by atoms with E-state index in [1.807, 2.05) is 25.1 Å². The van der Waals surface area contributed by atoms with E-state index in [0.29, 0.717) is 12.5 Å². The molecule has 0 aliphatic carbocycles. The molecule has 0 spiro atoms. The van der Waals surface area contributed by atoms with Crippen molar-refractivity contribution in [1.82, 2.24) is 9.97 Å². The number of aliphatic imine (C=N–C) groups is 1. The molecular formula is C15H19N5. The minimum atomic E-state index is 0.379. The van der Waals surface area contributed by atoms with Crippen LogP contribution in [0.2, 0.25) is 0 Å². The predicted octanol–water partition coefficient (Wildman–Crippen LogP) is 2.33. The number of rotatable bonds is 3. The molecule has 0 aliphatic rings. The summed E-state index contributed by atoms with van der Waals surface area (Å²) in [7, 11) is 0. The van der Waals surface area contributed by atoms with E-state index in [-0.39, 0.29) is 0 Å². The molecule has 5 nitrogen and oxygen atoms in total. The van der Waals surface area contributed by atoms with Gasteiger partial charge in [0.2, 0.25) is 0 Å². The van der Waals surface area contributed by atoms with Crippen LogP contribution in [0.5, 0.6) is 0 Å². The fourth-order valence-electron chi connectivity index (χ4n) is 1.77. The number of hydrogen-bond donors (Lipinski definition) is 2. The zero-order valence-corrected chi connectivity index (χ0v) is 12.0. The van der Waals surface area contributed by atoms with Gasteiger partial charge in [-0.15, -0.1) is 0 Å². The molecule has 0 bridgehead atoms. The lowest BCUT2D eigenvalue weighted by atomic mass is 10.1. The third-order valence-electron chi connectivity index (χ3n) is 3.02. The van der Waals surface area contributed by atoms with E-state index in [0.717, 1.165) is 17.2 Å². The molecule has 0 atom stereocenters. The fourth-order valence-corrected chi connectivity index (χ4v) is 1.77. The molecule has 2 rings (SSSR count). The third kappa shape index (κ3) is 3.78. The maximum absolute atomic E-state index is 5.88. The van der Waals surface area contributed by atoms with Crippen LogP contribution in [0.4, 0.5) is 5.69 Å². The first-order chi connectivity index (χ1) is 9.54. The van der Waals surface area contributed by atoms with E-state index in [4.69, 9.17) is 5.73 Å². The smallest absolute Gasteiger partial charge is 0.193 e. The highest BCUT2D eigenvalue weighted by atomic mass is 15.1. The van der Waals surface area contributed by atoms with Crippen LogP contribution in [0.25, 0.3) is 0 Å². The Balaban J connectivity index is 2.02. The first-order valence-electron chi connectivity index (χ1n) is 6.47. The van der Waals surface area contributed by atoms with Crippen LogP contribution in [0.15, 0.2) is 35.5 Å². The molecule has 3 N–H and O–H groups in total. The van der Waals surface area contributed by atoms with Gasteiger partial charge in [0, 0.05) is 11.9 Å². The SMILES string of the molecule is Cc1nccc(CN=C(N)Nc2ccc(C)c(C)c2)n1. The minimum absolute atomic E-state index is 0.379. The largest absolute Gasteiger partial charge is 0.370 e. The van der Waals surface area contributed by atoms with Gasteiger partial charge >= 0.3 is 0 Å². The Kier molecular flexibility index (Phi) is 4.30. The van der Waals surface area contributed by atoms with Crippen molar-refractivity contribution in [3.63, 3.8) is 0 Å². The summed E-state index contributed by atoms with van der Waals surface area (Å²) in [6.45, 7) is 6.43. The molecule has 1 aromatic heterocycles. The number of guanidine groups is 1. The molecule has 1 aromatic carbocycles. The lowest BCUT2D eigenvalue weighted by Crippen LogP contribution is -2.22. The molecule has 0 aliphatic heterocycles. The Morgan fingerprint density at radius 3 is 2.70 bits per heavy atom. The Labute approximate surface area is 119 Å². The zero-order valence-electron chi connectivity index (χ0n) is 12.0. The van der Waals surface area contributed by atoms with Crippen molar-refractivity contribution in [2.75, 3.05) is 5.32 Å². The molecule has 104 valence electrons. The van der Waals surface area contributed by atoms with Gasteiger partial charge in [0.05, 0.1) is 12.2 Å². The molecule has 0 saturated carbocycles. The molecule has 1 heterocycles. The topological polar surface area (TPSA) is 76.2 Å². The Morgan fingerprint density at radius 2 is 2.00 bits per heavy atom. The summed E-state index contributed by atoms with van der Waals surface area (Å²) >= 11 is 0. The average Bonchev–Trinajstić information content (AvgIpc) is 2.41. The van der Waals surface area contributed by atoms with Crippen LogP contribution in [0.1, 0.15) is 22.6 Å². The highest BCUT2D eigenvalue weighted by Gasteiger charge is 1.99. The van der Waals surface area contributed by atoms with Gasteiger partial charge in [-0.1, -0.05) is 6.07 Å². The molecule has 20 heavy (non-hydrogen) atoms. The zero-order chi connectivity index (χ0) is 14.5. The number of nitrogens with zero attached hydrogens (tertiary/aromatic N) is 3. The highest BCUT2D eigenvalue weighted by molar-refractivity contribution is 5.92. The molecule has 0 amide bonds. The summed E-state index contributed by atoms with van der Waals surface area (Å²) in [6, 6.07) is 7.92. The normalized spacial score (nSPS) is 11.4. The number of anilines is 1. The Bertz CT molecular complexity index is 634. The maximum atomic E-state index is 5.88. The van der Waals surface area contributed by atoms with Crippen molar-refractivity contribution in [3.05, 3.63) is 53.1 Å². The molecular weight excluding hydrogens is 250 g/mol. The second-order valence-electron chi connectivity index (χ2n) is 4.72. The number of benzene rings is 1. The van der Waals surface area contributed by atoms with Gasteiger partial charge in [-0.05, 0) is 50.1 Å². The van der Waals surface area contributed by atoms with Gasteiger partial charge in [0.25, 0.3) is 0 Å². The lowest BCUT2D eigenvalue weighted by molar-refractivity contribution is 0.924. The Morgan fingerprint density at radius 1 is 1.20 bits per heavy atom. The molecule has 0 fully saturated rings. The molecule has 0 unspecified atom stereocenters. The number of nitrogens with one attached hydrogen (secondary N) is 1. The van der Waals surface area contributed by atoms with E-state index in [2.05, 4.69) is 40.2 Å². The lowest BCUT2D eigenvalue weighted by Gasteiger charge is -2.08. The van der Waals surface area contributed by atoms with E-state index in [1.165, 1.54) is 11.1 Å². The van der Waals surface area contributed by atoms with Crippen LogP contribution in [0, 0.1) is 20.8 Å². The van der Waals surface area contributed by atoms with Crippen LogP contribution >= 0.6 is 0 Å². The number of aryl methyl sites for hydroxylation is 3. The maximum Gasteiger partial charge on any atom is 0.193 e. The quantitative estimate of drug-likeness (QED) is 0.662. The fraction of sp³-hybridized carbons (Fsp3) is 0.267. The van der Waals surface area contributed by atoms with Gasteiger partial charge in [0.15, 0.2) is 5.96 Å². The van der Waals surface area contributed by atoms with Crippen LogP contribution in [-0.2, 0) is 6.54 Å². The molecule has 0 radical (unpaired) electrons. The average molecular weight is 269 g/mol. The van der Waals surface area contributed by atoms with Crippen molar-refractivity contribution < 1.29 is 0 Å². The van der Waals surface area contributed by atoms with Crippen molar-refractivity contribution in [2.45, 2.75) is 27.3 Å². The van der Waals surface area contributed by atoms with Gasteiger partial charge in [-0.25, -0.2) is 15.0 Å². The molecule has 2 aromatic rings.